The minimum absolute atomic E-state index is 0.0495. The smallest absolute Gasteiger partial charge is 0.330 e. The first-order chi connectivity index (χ1) is 14.1. The summed E-state index contributed by atoms with van der Waals surface area (Å²) in [6.45, 7) is 0.369. The second-order valence-corrected chi connectivity index (χ2v) is 8.96. The van der Waals surface area contributed by atoms with Crippen LogP contribution in [0.2, 0.25) is 0 Å². The Kier molecular flexibility index (Phi) is 6.30. The number of H-pyrrole nitrogens is 1. The van der Waals surface area contributed by atoms with Crippen LogP contribution >= 0.6 is 7.52 Å². The van der Waals surface area contributed by atoms with E-state index in [0.717, 1.165) is 4.57 Å². The molecule has 2 fully saturated rings. The maximum absolute atomic E-state index is 12.4. The molecule has 5 atom stereocenters. The standard InChI is InChI=1S/C16H22N5O8P/c1-30(18,26)29-12-11-14(28-16(12,7-22)8-27-11)21-6-9(13(24)20-15(21)25)3-2-4-19-10(23)5-17/h6,11-12,14,22H,4-5,7-8,17H2,1H3,(H2,18,26)(H,19,23)(H,20,24,25). The Bertz CT molecular complexity index is 1050. The van der Waals surface area contributed by atoms with Gasteiger partial charge in [-0.1, -0.05) is 11.8 Å². The molecule has 2 aliphatic heterocycles. The van der Waals surface area contributed by atoms with Crippen LogP contribution in [0.5, 0.6) is 0 Å². The van der Waals surface area contributed by atoms with Crippen LogP contribution in [0.4, 0.5) is 0 Å². The zero-order valence-corrected chi connectivity index (χ0v) is 16.9. The lowest BCUT2D eigenvalue weighted by molar-refractivity contribution is -0.187. The van der Waals surface area contributed by atoms with E-state index in [2.05, 4.69) is 22.1 Å². The number of aliphatic hydroxyl groups is 1. The molecule has 0 spiro atoms. The third-order valence-corrected chi connectivity index (χ3v) is 5.23. The molecule has 0 aromatic carbocycles. The second kappa shape index (κ2) is 8.44. The van der Waals surface area contributed by atoms with E-state index in [1.54, 1.807) is 0 Å². The van der Waals surface area contributed by atoms with Gasteiger partial charge in [0.15, 0.2) is 6.23 Å². The summed E-state index contributed by atoms with van der Waals surface area (Å²) < 4.78 is 29.8. The Labute approximate surface area is 170 Å². The fourth-order valence-electron chi connectivity index (χ4n) is 3.23. The molecule has 3 heterocycles. The fourth-order valence-corrected chi connectivity index (χ4v) is 4.00. The number of nitrogens with one attached hydrogen (secondary N) is 2. The number of nitrogens with zero attached hydrogens (tertiary/aromatic N) is 1. The Balaban J connectivity index is 1.90. The van der Waals surface area contributed by atoms with Gasteiger partial charge < -0.3 is 30.2 Å². The average molecular weight is 443 g/mol. The summed E-state index contributed by atoms with van der Waals surface area (Å²) in [5.74, 6) is 4.71. The number of rotatable bonds is 6. The predicted octanol–water partition coefficient (Wildman–Crippen LogP) is -3.21. The highest BCUT2D eigenvalue weighted by Crippen LogP contribution is 2.50. The molecule has 1 aromatic rings. The number of aliphatic hydroxyl groups excluding tert-OH is 1. The monoisotopic (exact) mass is 443 g/mol. The summed E-state index contributed by atoms with van der Waals surface area (Å²) in [6, 6.07) is 0. The minimum Gasteiger partial charge on any atom is -0.393 e. The van der Waals surface area contributed by atoms with Gasteiger partial charge in [-0.2, -0.15) is 0 Å². The van der Waals surface area contributed by atoms with Gasteiger partial charge in [0.05, 0.1) is 26.3 Å². The molecule has 2 bridgehead atoms. The molecule has 0 aliphatic carbocycles. The number of nitrogens with two attached hydrogens (primary N) is 2. The molecule has 0 saturated carbocycles. The maximum Gasteiger partial charge on any atom is 0.330 e. The first-order valence-corrected chi connectivity index (χ1v) is 11.0. The fraction of sp³-hybridized carbons (Fsp3) is 0.562. The van der Waals surface area contributed by atoms with Gasteiger partial charge in [-0.15, -0.1) is 0 Å². The van der Waals surface area contributed by atoms with Gasteiger partial charge in [-0.25, -0.2) is 4.79 Å². The van der Waals surface area contributed by atoms with Crippen LogP contribution in [0.25, 0.3) is 0 Å². The van der Waals surface area contributed by atoms with Crippen molar-refractivity contribution >= 4 is 13.4 Å². The topological polar surface area (TPSA) is 201 Å². The van der Waals surface area contributed by atoms with Crippen molar-refractivity contribution in [3.63, 3.8) is 0 Å². The van der Waals surface area contributed by atoms with Crippen molar-refractivity contribution in [3.8, 4) is 11.8 Å². The van der Waals surface area contributed by atoms with Gasteiger partial charge in [0.2, 0.25) is 5.91 Å². The average Bonchev–Trinajstić information content (AvgIpc) is 3.16. The Morgan fingerprint density at radius 1 is 1.57 bits per heavy atom. The molecule has 30 heavy (non-hydrogen) atoms. The molecular formula is C16H22N5O8P. The van der Waals surface area contributed by atoms with Crippen molar-refractivity contribution in [1.29, 1.82) is 0 Å². The first-order valence-electron chi connectivity index (χ1n) is 8.86. The maximum atomic E-state index is 12.4. The van der Waals surface area contributed by atoms with E-state index in [1.807, 2.05) is 0 Å². The van der Waals surface area contributed by atoms with Gasteiger partial charge in [0.1, 0.15) is 23.4 Å². The zero-order valence-electron chi connectivity index (χ0n) is 16.0. The first kappa shape index (κ1) is 22.4. The van der Waals surface area contributed by atoms with Crippen molar-refractivity contribution < 1.29 is 28.5 Å². The van der Waals surface area contributed by atoms with Crippen LogP contribution in [0.1, 0.15) is 11.8 Å². The molecule has 13 nitrogen and oxygen atoms in total. The summed E-state index contributed by atoms with van der Waals surface area (Å²) in [7, 11) is -3.46. The Morgan fingerprint density at radius 3 is 2.93 bits per heavy atom. The minimum atomic E-state index is -3.46. The van der Waals surface area contributed by atoms with Crippen molar-refractivity contribution in [2.24, 2.45) is 11.2 Å². The van der Waals surface area contributed by atoms with Crippen LogP contribution < -0.4 is 27.8 Å². The number of aromatic nitrogens is 2. The highest BCUT2D eigenvalue weighted by atomic mass is 31.2. The molecule has 2 saturated heterocycles. The van der Waals surface area contributed by atoms with Gasteiger partial charge >= 0.3 is 5.69 Å². The van der Waals surface area contributed by atoms with Gasteiger partial charge in [0.25, 0.3) is 13.1 Å². The SMILES string of the molecule is CP(N)(=O)OC1C2OCC1(CO)OC2n1cc(C#CCNC(=O)CN)c(=O)[nH]c1=O. The lowest BCUT2D eigenvalue weighted by atomic mass is 10.0. The molecule has 1 amide bonds. The van der Waals surface area contributed by atoms with E-state index in [4.69, 9.17) is 25.2 Å². The molecular weight excluding hydrogens is 421 g/mol. The number of fused-ring (bicyclic) bond motifs is 2. The van der Waals surface area contributed by atoms with Crippen molar-refractivity contribution in [1.82, 2.24) is 14.9 Å². The number of hydrogen-bond donors (Lipinski definition) is 5. The summed E-state index contributed by atoms with van der Waals surface area (Å²) in [5, 5.41) is 12.2. The van der Waals surface area contributed by atoms with E-state index in [9.17, 15) is 24.1 Å². The Morgan fingerprint density at radius 2 is 2.30 bits per heavy atom. The third kappa shape index (κ3) is 4.40. The van der Waals surface area contributed by atoms with E-state index >= 15 is 0 Å². The summed E-state index contributed by atoms with van der Waals surface area (Å²) in [6.07, 6.45) is -1.83. The summed E-state index contributed by atoms with van der Waals surface area (Å²) in [4.78, 5) is 37.7. The summed E-state index contributed by atoms with van der Waals surface area (Å²) >= 11 is 0. The number of hydrogen-bond acceptors (Lipinski definition) is 9. The van der Waals surface area contributed by atoms with Crippen molar-refractivity contribution in [3.05, 3.63) is 32.6 Å². The van der Waals surface area contributed by atoms with Crippen LogP contribution in [-0.2, 0) is 23.4 Å². The molecule has 7 N–H and O–H groups in total. The molecule has 14 heteroatoms. The predicted molar refractivity (Wildman–Crippen MR) is 103 cm³/mol. The molecule has 0 radical (unpaired) electrons. The molecule has 2 aliphatic rings. The van der Waals surface area contributed by atoms with Gasteiger partial charge in [0, 0.05) is 12.9 Å². The lowest BCUT2D eigenvalue weighted by Crippen LogP contribution is -2.45. The van der Waals surface area contributed by atoms with Gasteiger partial charge in [-0.3, -0.25) is 29.2 Å². The number of aromatic amines is 1. The van der Waals surface area contributed by atoms with E-state index in [1.165, 1.54) is 12.9 Å². The molecule has 164 valence electrons. The number of amides is 1. The Hall–Kier alpha value is -2.30. The normalized spacial score (nSPS) is 29.1. The van der Waals surface area contributed by atoms with Crippen molar-refractivity contribution in [2.75, 3.05) is 33.0 Å². The van der Waals surface area contributed by atoms with Crippen molar-refractivity contribution in [2.45, 2.75) is 24.0 Å². The van der Waals surface area contributed by atoms with Gasteiger partial charge in [-0.05, 0) is 0 Å². The third-order valence-electron chi connectivity index (χ3n) is 4.59. The summed E-state index contributed by atoms with van der Waals surface area (Å²) in [5.41, 5.74) is 7.70. The van der Waals surface area contributed by atoms with Crippen LogP contribution in [0.15, 0.2) is 15.8 Å². The number of ether oxygens (including phenoxy) is 2. The van der Waals surface area contributed by atoms with E-state index < -0.39 is 55.3 Å². The van der Waals surface area contributed by atoms with Crippen LogP contribution in [0.3, 0.4) is 0 Å². The molecule has 5 unspecified atom stereocenters. The number of carbonyl (C=O) groups excluding carboxylic acids is 1. The van der Waals surface area contributed by atoms with E-state index in [0.29, 0.717) is 0 Å². The van der Waals surface area contributed by atoms with E-state index in [-0.39, 0.29) is 25.3 Å². The van der Waals surface area contributed by atoms with Crippen LogP contribution in [0, 0.1) is 11.8 Å². The second-order valence-electron chi connectivity index (χ2n) is 6.93. The largest absolute Gasteiger partial charge is 0.393 e. The zero-order chi connectivity index (χ0) is 22.1. The highest BCUT2D eigenvalue weighted by Gasteiger charge is 2.64. The molecule has 1 aromatic heterocycles. The highest BCUT2D eigenvalue weighted by molar-refractivity contribution is 7.55. The quantitative estimate of drug-likeness (QED) is 0.220. The molecule has 3 rings (SSSR count). The number of carbonyl (C=O) groups is 1. The van der Waals surface area contributed by atoms with Crippen LogP contribution in [-0.4, -0.2) is 71.3 Å². The lowest BCUT2D eigenvalue weighted by Gasteiger charge is -2.30.